The van der Waals surface area contributed by atoms with Crippen LogP contribution in [-0.2, 0) is 9.59 Å². The van der Waals surface area contributed by atoms with Gasteiger partial charge in [0.25, 0.3) is 5.91 Å². The molecule has 0 saturated carbocycles. The average molecular weight is 409 g/mol. The van der Waals surface area contributed by atoms with Gasteiger partial charge < -0.3 is 29.7 Å². The van der Waals surface area contributed by atoms with Crippen molar-refractivity contribution in [3.63, 3.8) is 0 Å². The lowest BCUT2D eigenvalue weighted by Crippen LogP contribution is -2.49. The minimum absolute atomic E-state index is 0.0767. The number of benzene rings is 1. The van der Waals surface area contributed by atoms with Gasteiger partial charge in [0.2, 0.25) is 17.6 Å². The second kappa shape index (κ2) is 10.5. The normalized spacial score (nSPS) is 10.7. The molecule has 0 aliphatic rings. The van der Waals surface area contributed by atoms with Crippen molar-refractivity contribution in [2.45, 2.75) is 33.2 Å². The van der Waals surface area contributed by atoms with Crippen molar-refractivity contribution in [3.8, 4) is 17.2 Å². The first kappa shape index (κ1) is 24.1. The molecule has 1 aromatic carbocycles. The monoisotopic (exact) mass is 409 g/mol. The van der Waals surface area contributed by atoms with Gasteiger partial charge in [-0.1, -0.05) is 0 Å². The van der Waals surface area contributed by atoms with Crippen LogP contribution in [0.5, 0.6) is 17.2 Å². The van der Waals surface area contributed by atoms with Crippen LogP contribution in [0.15, 0.2) is 12.1 Å². The summed E-state index contributed by atoms with van der Waals surface area (Å²) < 4.78 is 15.7. The summed E-state index contributed by atoms with van der Waals surface area (Å²) in [5.74, 6) is -0.0758. The second-order valence-corrected chi connectivity index (χ2v) is 7.30. The highest BCUT2D eigenvalue weighted by Crippen LogP contribution is 2.38. The number of likely N-dealkylation sites (N-methyl/N-ethyl adjacent to an activating group) is 1. The number of nitrogens with zero attached hydrogens (tertiary/aromatic N) is 1. The van der Waals surface area contributed by atoms with Crippen LogP contribution in [0.3, 0.4) is 0 Å². The van der Waals surface area contributed by atoms with E-state index in [1.807, 2.05) is 20.8 Å². The Bertz CT molecular complexity index is 717. The molecule has 9 nitrogen and oxygen atoms in total. The highest BCUT2D eigenvalue weighted by molar-refractivity contribution is 5.98. The standard InChI is InChI=1S/C20H31N3O6/c1-8-23(12-16(24)22-20(2,3)4)17(25)11-21-19(26)13-9-14(27-5)18(29-7)15(10-13)28-6/h9-10H,8,11-12H2,1-7H3,(H,21,26)(H,22,24). The van der Waals surface area contributed by atoms with Crippen LogP contribution in [0.25, 0.3) is 0 Å². The van der Waals surface area contributed by atoms with Gasteiger partial charge in [0, 0.05) is 17.6 Å². The van der Waals surface area contributed by atoms with Gasteiger partial charge in [0.05, 0.1) is 34.4 Å². The lowest BCUT2D eigenvalue weighted by atomic mass is 10.1. The molecule has 0 saturated heterocycles. The lowest BCUT2D eigenvalue weighted by Gasteiger charge is -2.25. The lowest BCUT2D eigenvalue weighted by molar-refractivity contribution is -0.135. The second-order valence-electron chi connectivity index (χ2n) is 7.30. The van der Waals surface area contributed by atoms with Crippen LogP contribution in [0.1, 0.15) is 38.1 Å². The smallest absolute Gasteiger partial charge is 0.251 e. The molecule has 0 fully saturated rings. The number of methoxy groups -OCH3 is 3. The molecule has 0 aliphatic carbocycles. The number of rotatable bonds is 9. The van der Waals surface area contributed by atoms with Crippen LogP contribution in [0, 0.1) is 0 Å². The van der Waals surface area contributed by atoms with Gasteiger partial charge in [-0.05, 0) is 39.8 Å². The van der Waals surface area contributed by atoms with Gasteiger partial charge in [-0.2, -0.15) is 0 Å². The van der Waals surface area contributed by atoms with Crippen LogP contribution < -0.4 is 24.8 Å². The van der Waals surface area contributed by atoms with Gasteiger partial charge in [-0.3, -0.25) is 14.4 Å². The number of hydrogen-bond acceptors (Lipinski definition) is 6. The van der Waals surface area contributed by atoms with Gasteiger partial charge in [-0.25, -0.2) is 0 Å². The summed E-state index contributed by atoms with van der Waals surface area (Å²) in [6.45, 7) is 7.38. The summed E-state index contributed by atoms with van der Waals surface area (Å²) in [7, 11) is 4.36. The van der Waals surface area contributed by atoms with Crippen molar-refractivity contribution in [2.75, 3.05) is 41.0 Å². The third kappa shape index (κ3) is 7.17. The number of nitrogens with one attached hydrogen (secondary N) is 2. The van der Waals surface area contributed by atoms with E-state index < -0.39 is 5.91 Å². The van der Waals surface area contributed by atoms with Crippen LogP contribution in [0.4, 0.5) is 0 Å². The molecular weight excluding hydrogens is 378 g/mol. The summed E-state index contributed by atoms with van der Waals surface area (Å²) in [4.78, 5) is 38.3. The quantitative estimate of drug-likeness (QED) is 0.635. The topological polar surface area (TPSA) is 106 Å². The molecule has 0 spiro atoms. The predicted molar refractivity (Wildman–Crippen MR) is 109 cm³/mol. The van der Waals surface area contributed by atoms with Crippen molar-refractivity contribution >= 4 is 17.7 Å². The Balaban J connectivity index is 2.80. The Morgan fingerprint density at radius 1 is 1.00 bits per heavy atom. The highest BCUT2D eigenvalue weighted by Gasteiger charge is 2.21. The van der Waals surface area contributed by atoms with Crippen molar-refractivity contribution in [2.24, 2.45) is 0 Å². The maximum atomic E-state index is 12.5. The van der Waals surface area contributed by atoms with E-state index in [-0.39, 0.29) is 36.0 Å². The summed E-state index contributed by atoms with van der Waals surface area (Å²) in [6.07, 6.45) is 0. The fourth-order valence-corrected chi connectivity index (χ4v) is 2.59. The van der Waals surface area contributed by atoms with E-state index in [9.17, 15) is 14.4 Å². The van der Waals surface area contributed by atoms with E-state index in [0.29, 0.717) is 23.8 Å². The average Bonchev–Trinajstić information content (AvgIpc) is 2.67. The molecule has 1 aromatic rings. The molecule has 162 valence electrons. The van der Waals surface area contributed by atoms with Gasteiger partial charge in [0.1, 0.15) is 0 Å². The zero-order chi connectivity index (χ0) is 22.2. The number of ether oxygens (including phenoxy) is 3. The first-order chi connectivity index (χ1) is 13.6. The maximum Gasteiger partial charge on any atom is 0.251 e. The zero-order valence-corrected chi connectivity index (χ0v) is 18.2. The van der Waals surface area contributed by atoms with Crippen molar-refractivity contribution in [1.82, 2.24) is 15.5 Å². The van der Waals surface area contributed by atoms with Crippen molar-refractivity contribution in [3.05, 3.63) is 17.7 Å². The van der Waals surface area contributed by atoms with Crippen LogP contribution in [-0.4, -0.2) is 69.1 Å². The van der Waals surface area contributed by atoms with Gasteiger partial charge in [-0.15, -0.1) is 0 Å². The molecule has 0 radical (unpaired) electrons. The third-order valence-corrected chi connectivity index (χ3v) is 3.91. The fraction of sp³-hybridized carbons (Fsp3) is 0.550. The molecule has 0 aliphatic heterocycles. The zero-order valence-electron chi connectivity index (χ0n) is 18.2. The van der Waals surface area contributed by atoms with E-state index in [1.165, 1.54) is 38.4 Å². The largest absolute Gasteiger partial charge is 0.493 e. The maximum absolute atomic E-state index is 12.5. The van der Waals surface area contributed by atoms with E-state index in [1.54, 1.807) is 6.92 Å². The van der Waals surface area contributed by atoms with Gasteiger partial charge in [0.15, 0.2) is 11.5 Å². The summed E-state index contributed by atoms with van der Waals surface area (Å²) in [6, 6.07) is 2.99. The Morgan fingerprint density at radius 2 is 1.55 bits per heavy atom. The number of carbonyl (C=O) groups excluding carboxylic acids is 3. The highest BCUT2D eigenvalue weighted by atomic mass is 16.5. The SMILES string of the molecule is CCN(CC(=O)NC(C)(C)C)C(=O)CNC(=O)c1cc(OC)c(OC)c(OC)c1. The van der Waals surface area contributed by atoms with Crippen molar-refractivity contribution < 1.29 is 28.6 Å². The molecule has 0 aromatic heterocycles. The Labute approximate surface area is 171 Å². The van der Waals surface area contributed by atoms with Crippen molar-refractivity contribution in [1.29, 1.82) is 0 Å². The van der Waals surface area contributed by atoms with E-state index in [2.05, 4.69) is 10.6 Å². The Morgan fingerprint density at radius 3 is 1.97 bits per heavy atom. The minimum atomic E-state index is -0.479. The predicted octanol–water partition coefficient (Wildman–Crippen LogP) is 1.21. The molecule has 2 N–H and O–H groups in total. The minimum Gasteiger partial charge on any atom is -0.493 e. The first-order valence-electron chi connectivity index (χ1n) is 9.23. The van der Waals surface area contributed by atoms with E-state index in [0.717, 1.165) is 0 Å². The molecule has 29 heavy (non-hydrogen) atoms. The molecule has 0 atom stereocenters. The number of hydrogen-bond donors (Lipinski definition) is 2. The molecule has 9 heteroatoms. The first-order valence-corrected chi connectivity index (χ1v) is 9.23. The van der Waals surface area contributed by atoms with Gasteiger partial charge >= 0.3 is 0 Å². The third-order valence-electron chi connectivity index (χ3n) is 3.91. The summed E-state index contributed by atoms with van der Waals surface area (Å²) >= 11 is 0. The molecule has 1 rings (SSSR count). The fourth-order valence-electron chi connectivity index (χ4n) is 2.59. The Kier molecular flexibility index (Phi) is 8.75. The van der Waals surface area contributed by atoms with E-state index >= 15 is 0 Å². The summed E-state index contributed by atoms with van der Waals surface area (Å²) in [5, 5.41) is 5.37. The van der Waals surface area contributed by atoms with Crippen LogP contribution in [0.2, 0.25) is 0 Å². The molecule has 0 unspecified atom stereocenters. The number of amides is 3. The number of carbonyl (C=O) groups is 3. The molecule has 0 bridgehead atoms. The molecular formula is C20H31N3O6. The van der Waals surface area contributed by atoms with E-state index in [4.69, 9.17) is 14.2 Å². The molecule has 0 heterocycles. The molecule has 3 amide bonds. The van der Waals surface area contributed by atoms with Crippen LogP contribution >= 0.6 is 0 Å². The Hall–Kier alpha value is -2.97. The summed E-state index contributed by atoms with van der Waals surface area (Å²) in [5.41, 5.74) is -0.138.